The van der Waals surface area contributed by atoms with Crippen molar-refractivity contribution in [3.05, 3.63) is 46.9 Å². The van der Waals surface area contributed by atoms with Crippen LogP contribution in [-0.2, 0) is 6.54 Å². The summed E-state index contributed by atoms with van der Waals surface area (Å²) < 4.78 is 1.45. The van der Waals surface area contributed by atoms with Crippen molar-refractivity contribution >= 4 is 35.0 Å². The van der Waals surface area contributed by atoms with Crippen LogP contribution in [-0.4, -0.2) is 30.8 Å². The second-order valence-electron chi connectivity index (χ2n) is 4.70. The molecule has 0 fully saturated rings. The van der Waals surface area contributed by atoms with E-state index in [0.29, 0.717) is 28.4 Å². The molecule has 0 aliphatic heterocycles. The largest absolute Gasteiger partial charge is 0.465 e. The van der Waals surface area contributed by atoms with Crippen molar-refractivity contribution in [2.75, 3.05) is 5.32 Å². The standard InChI is InChI=1S/C14H10ClN7O2/c15-10-3-12(22-13(20-10)9(4-16)7-19-22)21-11-2-1-8(5-17-11)6-18-14(23)24/h1-3,5,7,18H,6H2,(H,17,21)(H,23,24). The molecule has 3 N–H and O–H groups in total. The van der Waals surface area contributed by atoms with Gasteiger partial charge < -0.3 is 15.7 Å². The molecule has 3 rings (SSSR count). The molecular weight excluding hydrogens is 334 g/mol. The first kappa shape index (κ1) is 15.5. The van der Waals surface area contributed by atoms with Crippen LogP contribution in [0.2, 0.25) is 5.15 Å². The van der Waals surface area contributed by atoms with E-state index in [1.165, 1.54) is 10.7 Å². The second-order valence-corrected chi connectivity index (χ2v) is 5.09. The number of amides is 1. The monoisotopic (exact) mass is 343 g/mol. The summed E-state index contributed by atoms with van der Waals surface area (Å²) in [4.78, 5) is 18.8. The Kier molecular flexibility index (Phi) is 4.13. The van der Waals surface area contributed by atoms with Crippen molar-refractivity contribution in [3.63, 3.8) is 0 Å². The fraction of sp³-hybridized carbons (Fsp3) is 0.0714. The Morgan fingerprint density at radius 1 is 1.42 bits per heavy atom. The van der Waals surface area contributed by atoms with Gasteiger partial charge in [-0.2, -0.15) is 14.9 Å². The van der Waals surface area contributed by atoms with E-state index in [1.54, 1.807) is 24.4 Å². The molecule has 0 aliphatic carbocycles. The molecular formula is C14H10ClN7O2. The van der Waals surface area contributed by atoms with Crippen molar-refractivity contribution in [1.82, 2.24) is 24.9 Å². The van der Waals surface area contributed by atoms with Crippen LogP contribution in [0.25, 0.3) is 5.65 Å². The van der Waals surface area contributed by atoms with Gasteiger partial charge in [0.25, 0.3) is 0 Å². The molecule has 0 spiro atoms. The summed E-state index contributed by atoms with van der Waals surface area (Å²) in [5, 5.41) is 27.2. The SMILES string of the molecule is N#Cc1cnn2c(Nc3ccc(CNC(=O)O)cn3)cc(Cl)nc12. The Hall–Kier alpha value is -3.38. The van der Waals surface area contributed by atoms with Crippen LogP contribution in [0.1, 0.15) is 11.1 Å². The highest BCUT2D eigenvalue weighted by Gasteiger charge is 2.11. The number of carbonyl (C=O) groups is 1. The first-order valence-corrected chi connectivity index (χ1v) is 7.08. The van der Waals surface area contributed by atoms with Crippen LogP contribution in [0.4, 0.5) is 16.4 Å². The molecule has 1 amide bonds. The zero-order valence-corrected chi connectivity index (χ0v) is 12.8. The number of nitrogens with zero attached hydrogens (tertiary/aromatic N) is 5. The summed E-state index contributed by atoms with van der Waals surface area (Å²) in [5.74, 6) is 1.00. The molecule has 9 nitrogen and oxygen atoms in total. The summed E-state index contributed by atoms with van der Waals surface area (Å²) in [6, 6.07) is 6.98. The van der Waals surface area contributed by atoms with E-state index in [2.05, 4.69) is 25.7 Å². The highest BCUT2D eigenvalue weighted by Crippen LogP contribution is 2.21. The highest BCUT2D eigenvalue weighted by atomic mass is 35.5. The minimum atomic E-state index is -1.10. The maximum atomic E-state index is 10.5. The van der Waals surface area contributed by atoms with Gasteiger partial charge in [-0.15, -0.1) is 0 Å². The van der Waals surface area contributed by atoms with Crippen molar-refractivity contribution < 1.29 is 9.90 Å². The number of anilines is 2. The molecule has 0 radical (unpaired) electrons. The topological polar surface area (TPSA) is 128 Å². The fourth-order valence-electron chi connectivity index (χ4n) is 2.01. The predicted octanol–water partition coefficient (Wildman–Crippen LogP) is 2.16. The number of fused-ring (bicyclic) bond motifs is 1. The van der Waals surface area contributed by atoms with Gasteiger partial charge in [0.2, 0.25) is 0 Å². The number of pyridine rings is 1. The van der Waals surface area contributed by atoms with Gasteiger partial charge in [0.15, 0.2) is 5.65 Å². The summed E-state index contributed by atoms with van der Waals surface area (Å²) in [6.07, 6.45) is 1.85. The quantitative estimate of drug-likeness (QED) is 0.619. The van der Waals surface area contributed by atoms with E-state index < -0.39 is 6.09 Å². The van der Waals surface area contributed by atoms with Gasteiger partial charge in [0.1, 0.15) is 28.4 Å². The minimum absolute atomic E-state index is 0.165. The molecule has 3 aromatic rings. The van der Waals surface area contributed by atoms with E-state index in [0.717, 1.165) is 0 Å². The predicted molar refractivity (Wildman–Crippen MR) is 85.1 cm³/mol. The molecule has 24 heavy (non-hydrogen) atoms. The van der Waals surface area contributed by atoms with Gasteiger partial charge in [-0.25, -0.2) is 14.8 Å². The van der Waals surface area contributed by atoms with Crippen LogP contribution in [0, 0.1) is 11.3 Å². The summed E-state index contributed by atoms with van der Waals surface area (Å²) in [6.45, 7) is 0.165. The number of nitrogens with one attached hydrogen (secondary N) is 2. The van der Waals surface area contributed by atoms with Crippen LogP contribution in [0.5, 0.6) is 0 Å². The second kappa shape index (κ2) is 6.39. The van der Waals surface area contributed by atoms with E-state index >= 15 is 0 Å². The van der Waals surface area contributed by atoms with E-state index in [9.17, 15) is 4.79 Å². The lowest BCUT2D eigenvalue weighted by Gasteiger charge is -2.09. The molecule has 120 valence electrons. The third kappa shape index (κ3) is 3.18. The maximum absolute atomic E-state index is 10.5. The van der Waals surface area contributed by atoms with E-state index in [4.69, 9.17) is 22.0 Å². The lowest BCUT2D eigenvalue weighted by atomic mass is 10.3. The van der Waals surface area contributed by atoms with Gasteiger partial charge in [0.05, 0.1) is 6.20 Å². The summed E-state index contributed by atoms with van der Waals surface area (Å²) >= 11 is 5.99. The van der Waals surface area contributed by atoms with Crippen LogP contribution >= 0.6 is 11.6 Å². The molecule has 0 atom stereocenters. The first-order chi connectivity index (χ1) is 11.6. The Labute approximate surface area is 140 Å². The van der Waals surface area contributed by atoms with Crippen molar-refractivity contribution in [1.29, 1.82) is 5.26 Å². The molecule has 10 heteroatoms. The molecule has 0 unspecified atom stereocenters. The molecule has 0 saturated carbocycles. The Bertz CT molecular complexity index is 946. The summed E-state index contributed by atoms with van der Waals surface area (Å²) in [7, 11) is 0. The van der Waals surface area contributed by atoms with Crippen molar-refractivity contribution in [2.45, 2.75) is 6.54 Å². The zero-order valence-electron chi connectivity index (χ0n) is 12.1. The normalized spacial score (nSPS) is 10.3. The minimum Gasteiger partial charge on any atom is -0.465 e. The molecule has 0 aliphatic rings. The highest BCUT2D eigenvalue weighted by molar-refractivity contribution is 6.29. The lowest BCUT2D eigenvalue weighted by molar-refractivity contribution is 0.194. The molecule has 0 saturated heterocycles. The first-order valence-electron chi connectivity index (χ1n) is 6.70. The number of hydrogen-bond acceptors (Lipinski definition) is 6. The third-order valence-corrected chi connectivity index (χ3v) is 3.28. The average molecular weight is 344 g/mol. The van der Waals surface area contributed by atoms with Gasteiger partial charge in [-0.3, -0.25) is 0 Å². The van der Waals surface area contributed by atoms with Crippen LogP contribution in [0.15, 0.2) is 30.6 Å². The Morgan fingerprint density at radius 3 is 2.92 bits per heavy atom. The number of halogens is 1. The lowest BCUT2D eigenvalue weighted by Crippen LogP contribution is -2.19. The number of rotatable bonds is 4. The van der Waals surface area contributed by atoms with E-state index in [1.807, 2.05) is 6.07 Å². The number of nitriles is 1. The van der Waals surface area contributed by atoms with Crippen LogP contribution in [0.3, 0.4) is 0 Å². The molecule has 0 aromatic carbocycles. The number of aromatic nitrogens is 4. The fourth-order valence-corrected chi connectivity index (χ4v) is 2.20. The number of hydrogen-bond donors (Lipinski definition) is 3. The van der Waals surface area contributed by atoms with Crippen molar-refractivity contribution in [2.24, 2.45) is 0 Å². The summed E-state index contributed by atoms with van der Waals surface area (Å²) in [5.41, 5.74) is 1.37. The Balaban J connectivity index is 1.86. The molecule has 0 bridgehead atoms. The zero-order chi connectivity index (χ0) is 17.1. The van der Waals surface area contributed by atoms with Gasteiger partial charge in [-0.1, -0.05) is 17.7 Å². The maximum Gasteiger partial charge on any atom is 0.404 e. The van der Waals surface area contributed by atoms with E-state index in [-0.39, 0.29) is 11.7 Å². The smallest absolute Gasteiger partial charge is 0.404 e. The van der Waals surface area contributed by atoms with Gasteiger partial charge in [-0.05, 0) is 11.6 Å². The van der Waals surface area contributed by atoms with Gasteiger partial charge >= 0.3 is 6.09 Å². The molecule has 3 aromatic heterocycles. The Morgan fingerprint density at radius 2 is 2.25 bits per heavy atom. The number of carboxylic acid groups (broad SMARTS) is 1. The van der Waals surface area contributed by atoms with Gasteiger partial charge in [0, 0.05) is 18.8 Å². The molecule has 3 heterocycles. The third-order valence-electron chi connectivity index (χ3n) is 3.09. The average Bonchev–Trinajstić information content (AvgIpc) is 2.97. The van der Waals surface area contributed by atoms with Crippen LogP contribution < -0.4 is 10.6 Å². The van der Waals surface area contributed by atoms with Crippen molar-refractivity contribution in [3.8, 4) is 6.07 Å².